The van der Waals surface area contributed by atoms with Crippen molar-refractivity contribution in [3.63, 3.8) is 0 Å². The molecule has 20 heavy (non-hydrogen) atoms. The van der Waals surface area contributed by atoms with Crippen molar-refractivity contribution in [2.24, 2.45) is 0 Å². The molecule has 1 unspecified atom stereocenters. The van der Waals surface area contributed by atoms with E-state index < -0.39 is 0 Å². The van der Waals surface area contributed by atoms with E-state index >= 15 is 0 Å². The van der Waals surface area contributed by atoms with Gasteiger partial charge in [-0.25, -0.2) is 0 Å². The van der Waals surface area contributed by atoms with E-state index in [0.717, 1.165) is 19.4 Å². The van der Waals surface area contributed by atoms with Crippen molar-refractivity contribution in [3.05, 3.63) is 35.9 Å². The summed E-state index contributed by atoms with van der Waals surface area (Å²) in [6.45, 7) is 1.80. The van der Waals surface area contributed by atoms with Crippen LogP contribution in [0.1, 0.15) is 23.2 Å². The van der Waals surface area contributed by atoms with Crippen LogP contribution in [-0.4, -0.2) is 37.5 Å². The smallest absolute Gasteiger partial charge is 0.251 e. The third kappa shape index (κ3) is 4.83. The number of carbonyl (C=O) groups is 2. The third-order valence-corrected chi connectivity index (χ3v) is 3.12. The minimum atomic E-state index is -0.117. The van der Waals surface area contributed by atoms with E-state index in [1.54, 1.807) is 12.1 Å². The number of hydrogen-bond acceptors (Lipinski definition) is 3. The number of amides is 2. The first-order valence-electron chi connectivity index (χ1n) is 6.62. The van der Waals surface area contributed by atoms with Crippen molar-refractivity contribution in [1.29, 1.82) is 0 Å². The van der Waals surface area contributed by atoms with Gasteiger partial charge in [-0.15, -0.1) is 12.4 Å². The van der Waals surface area contributed by atoms with Crippen LogP contribution in [0.5, 0.6) is 0 Å². The highest BCUT2D eigenvalue weighted by molar-refractivity contribution is 5.94. The van der Waals surface area contributed by atoms with E-state index in [0.29, 0.717) is 18.7 Å². The molecule has 2 amide bonds. The number of carbonyl (C=O) groups excluding carboxylic acids is 2. The molecule has 5 nitrogen and oxygen atoms in total. The molecule has 1 atom stereocenters. The predicted molar refractivity (Wildman–Crippen MR) is 80.1 cm³/mol. The minimum Gasteiger partial charge on any atom is -0.353 e. The van der Waals surface area contributed by atoms with Gasteiger partial charge < -0.3 is 16.0 Å². The third-order valence-electron chi connectivity index (χ3n) is 3.12. The minimum absolute atomic E-state index is 0. The molecule has 1 aliphatic heterocycles. The first-order valence-corrected chi connectivity index (χ1v) is 6.62. The summed E-state index contributed by atoms with van der Waals surface area (Å²) in [5.74, 6) is -0.0969. The van der Waals surface area contributed by atoms with Crippen LogP contribution < -0.4 is 16.0 Å². The fraction of sp³-hybridized carbons (Fsp3) is 0.429. The molecule has 0 spiro atoms. The molecule has 1 fully saturated rings. The first kappa shape index (κ1) is 16.5. The molecule has 0 bridgehead atoms. The molecule has 2 rings (SSSR count). The van der Waals surface area contributed by atoms with Crippen LogP contribution in [0.3, 0.4) is 0 Å². The van der Waals surface area contributed by atoms with Crippen molar-refractivity contribution in [3.8, 4) is 0 Å². The second kappa shape index (κ2) is 8.55. The molecular weight excluding hydrogens is 278 g/mol. The van der Waals surface area contributed by atoms with Gasteiger partial charge in [0.15, 0.2) is 0 Å². The second-order valence-corrected chi connectivity index (χ2v) is 4.56. The Balaban J connectivity index is 0.00000200. The molecule has 3 N–H and O–H groups in total. The van der Waals surface area contributed by atoms with E-state index in [9.17, 15) is 9.59 Å². The lowest BCUT2D eigenvalue weighted by Gasteiger charge is -2.11. The number of benzene rings is 1. The lowest BCUT2D eigenvalue weighted by molar-refractivity contribution is -0.122. The molecule has 1 heterocycles. The van der Waals surface area contributed by atoms with Gasteiger partial charge in [0.1, 0.15) is 0 Å². The van der Waals surface area contributed by atoms with Crippen LogP contribution in [-0.2, 0) is 4.79 Å². The molecule has 1 aromatic rings. The highest BCUT2D eigenvalue weighted by Gasteiger charge is 2.21. The zero-order chi connectivity index (χ0) is 13.5. The average Bonchev–Trinajstić information content (AvgIpc) is 2.98. The maximum atomic E-state index is 11.7. The second-order valence-electron chi connectivity index (χ2n) is 4.56. The molecular formula is C14H20ClN3O2. The van der Waals surface area contributed by atoms with Gasteiger partial charge >= 0.3 is 0 Å². The number of nitrogens with one attached hydrogen (secondary N) is 3. The number of halogens is 1. The lowest BCUT2D eigenvalue weighted by Crippen LogP contribution is -2.43. The van der Waals surface area contributed by atoms with E-state index in [1.165, 1.54) is 0 Å². The molecule has 6 heteroatoms. The highest BCUT2D eigenvalue weighted by Crippen LogP contribution is 2.04. The summed E-state index contributed by atoms with van der Waals surface area (Å²) >= 11 is 0. The Morgan fingerprint density at radius 1 is 1.15 bits per heavy atom. The highest BCUT2D eigenvalue weighted by atomic mass is 35.5. The molecule has 0 aliphatic carbocycles. The topological polar surface area (TPSA) is 70.2 Å². The van der Waals surface area contributed by atoms with E-state index in [4.69, 9.17) is 0 Å². The standard InChI is InChI=1S/C14H19N3O2.ClH/c18-13(11-5-2-1-3-6-11)16-9-10-17-14(19)12-7-4-8-15-12;/h1-3,5-6,12,15H,4,7-10H2,(H,16,18)(H,17,19);1H. The van der Waals surface area contributed by atoms with Gasteiger partial charge in [0.25, 0.3) is 5.91 Å². The average molecular weight is 298 g/mol. The van der Waals surface area contributed by atoms with Gasteiger partial charge in [-0.1, -0.05) is 18.2 Å². The van der Waals surface area contributed by atoms with Crippen molar-refractivity contribution in [2.75, 3.05) is 19.6 Å². The molecule has 1 aromatic carbocycles. The lowest BCUT2D eigenvalue weighted by atomic mass is 10.2. The predicted octanol–water partition coefficient (Wildman–Crippen LogP) is 0.706. The Hall–Kier alpha value is -1.59. The molecule has 0 saturated carbocycles. The number of rotatable bonds is 5. The van der Waals surface area contributed by atoms with Gasteiger partial charge in [0, 0.05) is 18.7 Å². The quantitative estimate of drug-likeness (QED) is 0.701. The zero-order valence-electron chi connectivity index (χ0n) is 11.2. The van der Waals surface area contributed by atoms with Crippen LogP contribution in [0.2, 0.25) is 0 Å². The van der Waals surface area contributed by atoms with Crippen molar-refractivity contribution in [2.45, 2.75) is 18.9 Å². The maximum Gasteiger partial charge on any atom is 0.251 e. The van der Waals surface area contributed by atoms with Crippen LogP contribution in [0.4, 0.5) is 0 Å². The van der Waals surface area contributed by atoms with Gasteiger partial charge in [-0.2, -0.15) is 0 Å². The summed E-state index contributed by atoms with van der Waals surface area (Å²) in [7, 11) is 0. The fourth-order valence-corrected chi connectivity index (χ4v) is 2.08. The zero-order valence-corrected chi connectivity index (χ0v) is 12.0. The monoisotopic (exact) mass is 297 g/mol. The number of hydrogen-bond donors (Lipinski definition) is 3. The summed E-state index contributed by atoms with van der Waals surface area (Å²) in [4.78, 5) is 23.4. The Kier molecular flexibility index (Phi) is 7.04. The summed E-state index contributed by atoms with van der Waals surface area (Å²) in [6.07, 6.45) is 1.94. The summed E-state index contributed by atoms with van der Waals surface area (Å²) in [5, 5.41) is 8.72. The van der Waals surface area contributed by atoms with Crippen molar-refractivity contribution in [1.82, 2.24) is 16.0 Å². The van der Waals surface area contributed by atoms with Crippen molar-refractivity contribution >= 4 is 24.2 Å². The van der Waals surface area contributed by atoms with Crippen LogP contribution in [0.15, 0.2) is 30.3 Å². The Morgan fingerprint density at radius 2 is 1.85 bits per heavy atom. The van der Waals surface area contributed by atoms with E-state index in [-0.39, 0.29) is 30.3 Å². The molecule has 1 aliphatic rings. The summed E-state index contributed by atoms with van der Waals surface area (Å²) in [5.41, 5.74) is 0.631. The van der Waals surface area contributed by atoms with Crippen molar-refractivity contribution < 1.29 is 9.59 Å². The summed E-state index contributed by atoms with van der Waals surface area (Å²) < 4.78 is 0. The maximum absolute atomic E-state index is 11.7. The Labute approximate surface area is 124 Å². The normalized spacial score (nSPS) is 17.1. The molecule has 0 aromatic heterocycles. The summed E-state index contributed by atoms with van der Waals surface area (Å²) in [6, 6.07) is 8.97. The molecule has 1 saturated heterocycles. The molecule has 110 valence electrons. The first-order chi connectivity index (χ1) is 9.27. The Bertz CT molecular complexity index is 433. The SMILES string of the molecule is Cl.O=C(NCCNC(=O)C1CCCN1)c1ccccc1. The van der Waals surface area contributed by atoms with E-state index in [2.05, 4.69) is 16.0 Å². The van der Waals surface area contributed by atoms with Gasteiger partial charge in [0.05, 0.1) is 6.04 Å². The Morgan fingerprint density at radius 3 is 2.50 bits per heavy atom. The van der Waals surface area contributed by atoms with Gasteiger partial charge in [0.2, 0.25) is 5.91 Å². The fourth-order valence-electron chi connectivity index (χ4n) is 2.08. The van der Waals surface area contributed by atoms with Crippen LogP contribution >= 0.6 is 12.4 Å². The largest absolute Gasteiger partial charge is 0.353 e. The van der Waals surface area contributed by atoms with Gasteiger partial charge in [-0.3, -0.25) is 9.59 Å². The van der Waals surface area contributed by atoms with E-state index in [1.807, 2.05) is 18.2 Å². The van der Waals surface area contributed by atoms with Gasteiger partial charge in [-0.05, 0) is 31.5 Å². The van der Waals surface area contributed by atoms with Crippen LogP contribution in [0.25, 0.3) is 0 Å². The molecule has 0 radical (unpaired) electrons. The van der Waals surface area contributed by atoms with Crippen LogP contribution in [0, 0.1) is 0 Å².